The maximum absolute atomic E-state index is 12.8. The number of aryl methyl sites for hydroxylation is 1. The van der Waals surface area contributed by atoms with Crippen LogP contribution in [0.1, 0.15) is 16.1 Å². The number of aromatic nitrogens is 3. The van der Waals surface area contributed by atoms with Gasteiger partial charge in [-0.2, -0.15) is 0 Å². The molecule has 30 heavy (non-hydrogen) atoms. The molecule has 0 aliphatic carbocycles. The molecule has 0 aliphatic rings. The number of nitrogens with zero attached hydrogens (tertiary/aromatic N) is 2. The van der Waals surface area contributed by atoms with Gasteiger partial charge in [-0.25, -0.2) is 0 Å². The van der Waals surface area contributed by atoms with Gasteiger partial charge < -0.3 is 19.6 Å². The van der Waals surface area contributed by atoms with Crippen molar-refractivity contribution in [2.45, 2.75) is 13.5 Å². The van der Waals surface area contributed by atoms with E-state index in [1.807, 2.05) is 24.3 Å². The maximum atomic E-state index is 12.8. The molecule has 2 N–H and O–H groups in total. The standard InChI is InChI=1S/C23H22N4O3/c1-15-10-18-12-19(6-7-21(18)27(15)8-9-30-2)25-23(29)17-5-3-4-16(11-17)20-13-24-14-22(28)26-20/h3-7,10-14H,8-9H2,1-2H3,(H,25,29)(H,26,28). The first kappa shape index (κ1) is 19.6. The zero-order valence-electron chi connectivity index (χ0n) is 16.8. The van der Waals surface area contributed by atoms with Gasteiger partial charge in [0.2, 0.25) is 0 Å². The van der Waals surface area contributed by atoms with Gasteiger partial charge in [0.1, 0.15) is 0 Å². The van der Waals surface area contributed by atoms with Crippen molar-refractivity contribution >= 4 is 22.5 Å². The highest BCUT2D eigenvalue weighted by atomic mass is 16.5. The zero-order chi connectivity index (χ0) is 21.1. The second-order valence-electron chi connectivity index (χ2n) is 7.05. The minimum atomic E-state index is -0.289. The second kappa shape index (κ2) is 8.34. The van der Waals surface area contributed by atoms with Gasteiger partial charge in [0.25, 0.3) is 11.5 Å². The Morgan fingerprint density at radius 3 is 2.83 bits per heavy atom. The van der Waals surface area contributed by atoms with Crippen molar-refractivity contribution < 1.29 is 9.53 Å². The molecule has 0 unspecified atom stereocenters. The summed E-state index contributed by atoms with van der Waals surface area (Å²) in [5.74, 6) is -0.224. The predicted octanol–water partition coefficient (Wildman–Crippen LogP) is 3.60. The highest BCUT2D eigenvalue weighted by Gasteiger charge is 2.11. The molecule has 4 rings (SSSR count). The molecule has 0 fully saturated rings. The summed E-state index contributed by atoms with van der Waals surface area (Å²) >= 11 is 0. The lowest BCUT2D eigenvalue weighted by molar-refractivity contribution is 0.102. The Morgan fingerprint density at radius 2 is 2.03 bits per heavy atom. The normalized spacial score (nSPS) is 11.0. The Morgan fingerprint density at radius 1 is 1.17 bits per heavy atom. The van der Waals surface area contributed by atoms with Crippen molar-refractivity contribution in [1.29, 1.82) is 0 Å². The van der Waals surface area contributed by atoms with Crippen molar-refractivity contribution in [1.82, 2.24) is 14.5 Å². The van der Waals surface area contributed by atoms with Gasteiger partial charge in [0.15, 0.2) is 0 Å². The Kier molecular flexibility index (Phi) is 5.45. The van der Waals surface area contributed by atoms with Crippen LogP contribution >= 0.6 is 0 Å². The molecule has 152 valence electrons. The van der Waals surface area contributed by atoms with Crippen LogP contribution in [0, 0.1) is 6.92 Å². The number of ether oxygens (including phenoxy) is 1. The third-order valence-electron chi connectivity index (χ3n) is 4.97. The van der Waals surface area contributed by atoms with E-state index in [2.05, 4.69) is 32.8 Å². The van der Waals surface area contributed by atoms with Crippen LogP contribution in [0.15, 0.2) is 65.7 Å². The number of aromatic amines is 1. The van der Waals surface area contributed by atoms with Crippen LogP contribution in [0.4, 0.5) is 5.69 Å². The topological polar surface area (TPSA) is 89.0 Å². The molecule has 2 aromatic carbocycles. The number of hydrogen-bond acceptors (Lipinski definition) is 4. The van der Waals surface area contributed by atoms with Crippen molar-refractivity contribution in [3.05, 3.63) is 82.5 Å². The number of amides is 1. The molecule has 1 amide bonds. The van der Waals surface area contributed by atoms with Gasteiger partial charge in [-0.05, 0) is 43.3 Å². The first-order chi connectivity index (χ1) is 14.5. The van der Waals surface area contributed by atoms with E-state index < -0.39 is 0 Å². The summed E-state index contributed by atoms with van der Waals surface area (Å²) < 4.78 is 7.39. The third kappa shape index (κ3) is 4.01. The molecule has 0 saturated heterocycles. The maximum Gasteiger partial charge on any atom is 0.266 e. The number of methoxy groups -OCH3 is 1. The van der Waals surface area contributed by atoms with Gasteiger partial charge in [-0.3, -0.25) is 14.6 Å². The van der Waals surface area contributed by atoms with E-state index >= 15 is 0 Å². The SMILES string of the molecule is COCCn1c(C)cc2cc(NC(=O)c3cccc(-c4cncc(=O)[nH]4)c3)ccc21. The highest BCUT2D eigenvalue weighted by Crippen LogP contribution is 2.24. The van der Waals surface area contributed by atoms with E-state index in [9.17, 15) is 9.59 Å². The second-order valence-corrected chi connectivity index (χ2v) is 7.05. The van der Waals surface area contributed by atoms with Crippen LogP contribution in [0.5, 0.6) is 0 Å². The summed E-state index contributed by atoms with van der Waals surface area (Å²) in [7, 11) is 1.69. The largest absolute Gasteiger partial charge is 0.383 e. The van der Waals surface area contributed by atoms with Gasteiger partial charge in [-0.1, -0.05) is 12.1 Å². The summed E-state index contributed by atoms with van der Waals surface area (Å²) in [6, 6.07) is 15.0. The Labute approximate surface area is 173 Å². The number of hydrogen-bond donors (Lipinski definition) is 2. The lowest BCUT2D eigenvalue weighted by atomic mass is 10.1. The van der Waals surface area contributed by atoms with E-state index in [1.165, 1.54) is 6.20 Å². The van der Waals surface area contributed by atoms with Crippen molar-refractivity contribution in [2.75, 3.05) is 19.0 Å². The Balaban J connectivity index is 1.57. The summed E-state index contributed by atoms with van der Waals surface area (Å²) in [5.41, 5.74) is 4.44. The van der Waals surface area contributed by atoms with E-state index in [0.717, 1.165) is 28.8 Å². The minimum Gasteiger partial charge on any atom is -0.383 e. The van der Waals surface area contributed by atoms with Crippen molar-refractivity contribution in [2.24, 2.45) is 0 Å². The number of benzene rings is 2. The van der Waals surface area contributed by atoms with Crippen LogP contribution in [0.3, 0.4) is 0 Å². The molecule has 0 spiro atoms. The van der Waals surface area contributed by atoms with Gasteiger partial charge in [0, 0.05) is 47.1 Å². The molecule has 2 aromatic heterocycles. The molecule has 4 aromatic rings. The van der Waals surface area contributed by atoms with Crippen molar-refractivity contribution in [3.8, 4) is 11.3 Å². The fourth-order valence-electron chi connectivity index (χ4n) is 3.52. The molecule has 7 nitrogen and oxygen atoms in total. The molecule has 0 atom stereocenters. The number of anilines is 1. The Bertz CT molecular complexity index is 1270. The van der Waals surface area contributed by atoms with Gasteiger partial charge in [0.05, 0.1) is 24.7 Å². The fourth-order valence-corrected chi connectivity index (χ4v) is 3.52. The third-order valence-corrected chi connectivity index (χ3v) is 4.97. The zero-order valence-corrected chi connectivity index (χ0v) is 16.8. The monoisotopic (exact) mass is 402 g/mol. The lowest BCUT2D eigenvalue weighted by Crippen LogP contribution is -2.12. The Hall–Kier alpha value is -3.71. The summed E-state index contributed by atoms with van der Waals surface area (Å²) in [5, 5.41) is 4.01. The quantitative estimate of drug-likeness (QED) is 0.516. The fraction of sp³-hybridized carbons (Fsp3) is 0.174. The molecule has 7 heteroatoms. The molecule has 0 aliphatic heterocycles. The summed E-state index contributed by atoms with van der Waals surface area (Å²) in [6.07, 6.45) is 2.77. The van der Waals surface area contributed by atoms with Crippen LogP contribution in [-0.2, 0) is 11.3 Å². The van der Waals surface area contributed by atoms with E-state index in [-0.39, 0.29) is 11.5 Å². The number of fused-ring (bicyclic) bond motifs is 1. The van der Waals surface area contributed by atoms with Crippen LogP contribution in [0.2, 0.25) is 0 Å². The molecule has 0 bridgehead atoms. The number of carbonyl (C=O) groups excluding carboxylic acids is 1. The van der Waals surface area contributed by atoms with E-state index in [0.29, 0.717) is 23.4 Å². The first-order valence-electron chi connectivity index (χ1n) is 9.60. The first-order valence-corrected chi connectivity index (χ1v) is 9.60. The molecular formula is C23H22N4O3. The van der Waals surface area contributed by atoms with Gasteiger partial charge >= 0.3 is 0 Å². The molecule has 2 heterocycles. The van der Waals surface area contributed by atoms with Crippen LogP contribution in [0.25, 0.3) is 22.2 Å². The number of rotatable bonds is 6. The van der Waals surface area contributed by atoms with Crippen LogP contribution < -0.4 is 10.9 Å². The summed E-state index contributed by atoms with van der Waals surface area (Å²) in [6.45, 7) is 3.48. The predicted molar refractivity (Wildman–Crippen MR) is 117 cm³/mol. The average molecular weight is 402 g/mol. The highest BCUT2D eigenvalue weighted by molar-refractivity contribution is 6.05. The average Bonchev–Trinajstić information content (AvgIpc) is 3.06. The number of H-pyrrole nitrogens is 1. The molecule has 0 radical (unpaired) electrons. The minimum absolute atomic E-state index is 0.224. The molecular weight excluding hydrogens is 380 g/mol. The molecule has 0 saturated carbocycles. The number of nitrogens with one attached hydrogen (secondary N) is 2. The van der Waals surface area contributed by atoms with Gasteiger partial charge in [-0.15, -0.1) is 0 Å². The van der Waals surface area contributed by atoms with Crippen molar-refractivity contribution in [3.63, 3.8) is 0 Å². The lowest BCUT2D eigenvalue weighted by Gasteiger charge is -2.09. The smallest absolute Gasteiger partial charge is 0.266 e. The van der Waals surface area contributed by atoms with E-state index in [1.54, 1.807) is 31.5 Å². The van der Waals surface area contributed by atoms with Crippen LogP contribution in [-0.4, -0.2) is 34.2 Å². The summed E-state index contributed by atoms with van der Waals surface area (Å²) in [4.78, 5) is 30.9. The van der Waals surface area contributed by atoms with E-state index in [4.69, 9.17) is 4.74 Å². The number of carbonyl (C=O) groups is 1.